The quantitative estimate of drug-likeness (QED) is 0.827. The number of hydrogen-bond acceptors (Lipinski definition) is 2. The lowest BCUT2D eigenvalue weighted by atomic mass is 10.0. The molecule has 1 aliphatic heterocycles. The zero-order valence-corrected chi connectivity index (χ0v) is 10.6. The summed E-state index contributed by atoms with van der Waals surface area (Å²) in [5, 5.41) is 0. The zero-order chi connectivity index (χ0) is 12.6. The molecule has 5 nitrogen and oxygen atoms in total. The number of H-pyrrole nitrogens is 1. The molecule has 2 heterocycles. The molecule has 1 aromatic heterocycles. The monoisotopic (exact) mass is 236 g/mol. The van der Waals surface area contributed by atoms with Crippen molar-refractivity contribution in [2.24, 2.45) is 5.73 Å². The second-order valence-corrected chi connectivity index (χ2v) is 5.16. The minimum atomic E-state index is -0.299. The number of carbonyl (C=O) groups is 1. The molecule has 1 aliphatic rings. The molecule has 0 saturated carbocycles. The number of nitrogens with two attached hydrogens (primary N) is 1. The van der Waals surface area contributed by atoms with E-state index in [0.717, 1.165) is 5.69 Å². The first-order chi connectivity index (χ1) is 7.97. The Bertz CT molecular complexity index is 399. The van der Waals surface area contributed by atoms with Gasteiger partial charge < -0.3 is 20.5 Å². The minimum absolute atomic E-state index is 0.0417. The van der Waals surface area contributed by atoms with E-state index in [1.165, 1.54) is 0 Å². The smallest absolute Gasteiger partial charge is 0.320 e. The molecule has 2 rings (SSSR count). The molecule has 1 fully saturated rings. The maximum Gasteiger partial charge on any atom is 0.320 e. The number of hydrogen-bond donors (Lipinski definition) is 2. The van der Waals surface area contributed by atoms with Gasteiger partial charge in [-0.2, -0.15) is 0 Å². The first-order valence-corrected chi connectivity index (χ1v) is 5.85. The maximum absolute atomic E-state index is 12.2. The average molecular weight is 236 g/mol. The number of aromatic amines is 1. The lowest BCUT2D eigenvalue weighted by Crippen LogP contribution is -2.50. The van der Waals surface area contributed by atoms with Crippen molar-refractivity contribution in [1.82, 2.24) is 14.8 Å². The Balaban J connectivity index is 2.23. The summed E-state index contributed by atoms with van der Waals surface area (Å²) in [6.45, 7) is 5.13. The molecule has 2 amide bonds. The lowest BCUT2D eigenvalue weighted by Gasteiger charge is -2.33. The van der Waals surface area contributed by atoms with Crippen molar-refractivity contribution < 1.29 is 4.79 Å². The molecule has 17 heavy (non-hydrogen) atoms. The standard InChI is InChI=1S/C12H20N4O/c1-12(2,8-13)16-7-10(15(3)11(16)17)9-5-4-6-14-9/h4-6,10,14H,7-8,13H2,1-3H3. The number of rotatable bonds is 3. The van der Waals surface area contributed by atoms with Gasteiger partial charge in [-0.1, -0.05) is 0 Å². The molecule has 0 radical (unpaired) electrons. The van der Waals surface area contributed by atoms with Crippen molar-refractivity contribution in [3.8, 4) is 0 Å². The van der Waals surface area contributed by atoms with Crippen molar-refractivity contribution >= 4 is 6.03 Å². The summed E-state index contributed by atoms with van der Waals surface area (Å²) in [6.07, 6.45) is 1.88. The number of amides is 2. The van der Waals surface area contributed by atoms with Gasteiger partial charge in [0.15, 0.2) is 0 Å². The van der Waals surface area contributed by atoms with Crippen LogP contribution >= 0.6 is 0 Å². The molecule has 0 bridgehead atoms. The van der Waals surface area contributed by atoms with Crippen LogP contribution in [0.1, 0.15) is 25.6 Å². The zero-order valence-electron chi connectivity index (χ0n) is 10.6. The third-order valence-corrected chi connectivity index (χ3v) is 3.57. The van der Waals surface area contributed by atoms with E-state index < -0.39 is 0 Å². The van der Waals surface area contributed by atoms with Gasteiger partial charge in [-0.3, -0.25) is 0 Å². The van der Waals surface area contributed by atoms with E-state index in [9.17, 15) is 4.79 Å². The molecule has 5 heteroatoms. The van der Waals surface area contributed by atoms with E-state index in [2.05, 4.69) is 4.98 Å². The first-order valence-electron chi connectivity index (χ1n) is 5.85. The molecule has 0 spiro atoms. The molecule has 1 aromatic rings. The number of carbonyl (C=O) groups excluding carboxylic acids is 1. The van der Waals surface area contributed by atoms with Gasteiger partial charge in [0.25, 0.3) is 0 Å². The summed E-state index contributed by atoms with van der Waals surface area (Å²) >= 11 is 0. The maximum atomic E-state index is 12.2. The van der Waals surface area contributed by atoms with E-state index in [4.69, 9.17) is 5.73 Å². The molecular weight excluding hydrogens is 216 g/mol. The van der Waals surface area contributed by atoms with E-state index in [0.29, 0.717) is 13.1 Å². The Morgan fingerprint density at radius 1 is 1.59 bits per heavy atom. The molecule has 0 aromatic carbocycles. The Labute approximate surface area is 102 Å². The first kappa shape index (κ1) is 12.0. The van der Waals surface area contributed by atoms with E-state index in [1.807, 2.05) is 44.1 Å². The predicted molar refractivity (Wildman–Crippen MR) is 66.5 cm³/mol. The van der Waals surface area contributed by atoms with Crippen LogP contribution in [0, 0.1) is 0 Å². The largest absolute Gasteiger partial charge is 0.363 e. The second-order valence-electron chi connectivity index (χ2n) is 5.16. The Morgan fingerprint density at radius 2 is 2.29 bits per heavy atom. The summed E-state index contributed by atoms with van der Waals surface area (Å²) in [5.74, 6) is 0. The van der Waals surface area contributed by atoms with Crippen LogP contribution < -0.4 is 5.73 Å². The van der Waals surface area contributed by atoms with Crippen molar-refractivity contribution in [1.29, 1.82) is 0 Å². The fourth-order valence-electron chi connectivity index (χ4n) is 2.17. The van der Waals surface area contributed by atoms with Gasteiger partial charge in [0.2, 0.25) is 0 Å². The third kappa shape index (κ3) is 1.91. The van der Waals surface area contributed by atoms with Gasteiger partial charge in [-0.05, 0) is 26.0 Å². The highest BCUT2D eigenvalue weighted by atomic mass is 16.2. The van der Waals surface area contributed by atoms with Crippen LogP contribution in [-0.4, -0.2) is 46.5 Å². The number of nitrogens with one attached hydrogen (secondary N) is 1. The molecule has 0 aliphatic carbocycles. The molecule has 1 saturated heterocycles. The van der Waals surface area contributed by atoms with Crippen molar-refractivity contribution in [3.63, 3.8) is 0 Å². The Kier molecular flexibility index (Phi) is 2.87. The fourth-order valence-corrected chi connectivity index (χ4v) is 2.17. The van der Waals surface area contributed by atoms with Crippen LogP contribution in [0.4, 0.5) is 4.79 Å². The van der Waals surface area contributed by atoms with Crippen LogP contribution in [-0.2, 0) is 0 Å². The molecule has 1 atom stereocenters. The number of nitrogens with zero attached hydrogens (tertiary/aromatic N) is 2. The van der Waals surface area contributed by atoms with Crippen LogP contribution in [0.25, 0.3) is 0 Å². The Hall–Kier alpha value is -1.49. The molecule has 1 unspecified atom stereocenters. The van der Waals surface area contributed by atoms with E-state index in [-0.39, 0.29) is 17.6 Å². The molecule has 3 N–H and O–H groups in total. The van der Waals surface area contributed by atoms with Gasteiger partial charge in [0.05, 0.1) is 11.6 Å². The SMILES string of the molecule is CN1C(=O)N(C(C)(C)CN)CC1c1ccc[nH]1. The van der Waals surface area contributed by atoms with Crippen molar-refractivity contribution in [2.75, 3.05) is 20.1 Å². The fraction of sp³-hybridized carbons (Fsp3) is 0.583. The van der Waals surface area contributed by atoms with Crippen molar-refractivity contribution in [3.05, 3.63) is 24.0 Å². The number of urea groups is 1. The van der Waals surface area contributed by atoms with Gasteiger partial charge in [0.1, 0.15) is 0 Å². The Morgan fingerprint density at radius 3 is 2.82 bits per heavy atom. The second kappa shape index (κ2) is 4.07. The molecule has 94 valence electrons. The highest BCUT2D eigenvalue weighted by molar-refractivity contribution is 5.78. The predicted octanol–water partition coefficient (Wildman–Crippen LogP) is 1.16. The summed E-state index contributed by atoms with van der Waals surface area (Å²) in [5.41, 5.74) is 6.50. The van der Waals surface area contributed by atoms with Gasteiger partial charge in [-0.15, -0.1) is 0 Å². The summed E-state index contributed by atoms with van der Waals surface area (Å²) < 4.78 is 0. The number of aromatic nitrogens is 1. The van der Waals surface area contributed by atoms with Crippen molar-refractivity contribution in [2.45, 2.75) is 25.4 Å². The van der Waals surface area contributed by atoms with E-state index >= 15 is 0 Å². The van der Waals surface area contributed by atoms with E-state index in [1.54, 1.807) is 4.90 Å². The lowest BCUT2D eigenvalue weighted by molar-refractivity contribution is 0.154. The normalized spacial score (nSPS) is 21.4. The summed E-state index contributed by atoms with van der Waals surface area (Å²) in [4.78, 5) is 19.0. The van der Waals surface area contributed by atoms with Crippen LogP contribution in [0.3, 0.4) is 0 Å². The van der Waals surface area contributed by atoms with Crippen LogP contribution in [0.5, 0.6) is 0 Å². The number of likely N-dealkylation sites (N-methyl/N-ethyl adjacent to an activating group) is 1. The van der Waals surface area contributed by atoms with Gasteiger partial charge >= 0.3 is 6.03 Å². The van der Waals surface area contributed by atoms with Crippen LogP contribution in [0.2, 0.25) is 0 Å². The topological polar surface area (TPSA) is 65.4 Å². The minimum Gasteiger partial charge on any atom is -0.363 e. The van der Waals surface area contributed by atoms with Gasteiger partial charge in [-0.25, -0.2) is 4.79 Å². The summed E-state index contributed by atoms with van der Waals surface area (Å²) in [6, 6.07) is 4.08. The highest BCUT2D eigenvalue weighted by Gasteiger charge is 2.42. The van der Waals surface area contributed by atoms with Gasteiger partial charge in [0, 0.05) is 32.0 Å². The molecular formula is C12H20N4O. The average Bonchev–Trinajstić information content (AvgIpc) is 2.89. The van der Waals surface area contributed by atoms with Crippen LogP contribution in [0.15, 0.2) is 18.3 Å². The third-order valence-electron chi connectivity index (χ3n) is 3.57. The highest BCUT2D eigenvalue weighted by Crippen LogP contribution is 2.31. The summed E-state index contributed by atoms with van der Waals surface area (Å²) in [7, 11) is 1.83.